The zero-order valence-electron chi connectivity index (χ0n) is 17.7. The molecule has 0 saturated carbocycles. The van der Waals surface area contributed by atoms with Crippen LogP contribution in [0.1, 0.15) is 38.4 Å². The van der Waals surface area contributed by atoms with Gasteiger partial charge >= 0.3 is 5.97 Å². The maximum Gasteiger partial charge on any atom is 0.343 e. The molecule has 0 unspecified atom stereocenters. The van der Waals surface area contributed by atoms with Crippen molar-refractivity contribution in [3.63, 3.8) is 0 Å². The van der Waals surface area contributed by atoms with Crippen molar-refractivity contribution >= 4 is 17.8 Å². The molecular weight excluding hydrogens is 384 g/mol. The van der Waals surface area contributed by atoms with Crippen molar-refractivity contribution in [3.05, 3.63) is 125 Å². The summed E-state index contributed by atoms with van der Waals surface area (Å²) in [6.45, 7) is 4.69. The summed E-state index contributed by atoms with van der Waals surface area (Å²) in [5.74, 6) is 0.787. The molecule has 0 radical (unpaired) electrons. The van der Waals surface area contributed by atoms with E-state index in [1.807, 2.05) is 85.3 Å². The third-order valence-corrected chi connectivity index (χ3v) is 5.03. The molecule has 31 heavy (non-hydrogen) atoms. The van der Waals surface area contributed by atoms with Crippen LogP contribution in [0, 0.1) is 13.8 Å². The Morgan fingerprint density at radius 2 is 1.48 bits per heavy atom. The van der Waals surface area contributed by atoms with E-state index in [1.54, 1.807) is 18.3 Å². The Morgan fingerprint density at radius 1 is 0.871 bits per heavy atom. The summed E-state index contributed by atoms with van der Waals surface area (Å²) >= 11 is 0. The number of esters is 1. The quantitative estimate of drug-likeness (QED) is 0.295. The van der Waals surface area contributed by atoms with Crippen molar-refractivity contribution in [3.8, 4) is 0 Å². The predicted molar refractivity (Wildman–Crippen MR) is 123 cm³/mol. The van der Waals surface area contributed by atoms with Gasteiger partial charge in [0.2, 0.25) is 0 Å². The molecule has 0 aliphatic rings. The Hall–Kier alpha value is -3.92. The first kappa shape index (κ1) is 20.4. The molecular formula is C27H24N2O2. The second-order valence-corrected chi connectivity index (χ2v) is 7.53. The number of hydrogen-bond donors (Lipinski definition) is 0. The van der Waals surface area contributed by atoms with E-state index in [1.165, 1.54) is 5.56 Å². The highest BCUT2D eigenvalue weighted by atomic mass is 16.5. The Bertz CT molecular complexity index is 1190. The van der Waals surface area contributed by atoms with E-state index in [0.717, 1.165) is 22.5 Å². The zero-order chi connectivity index (χ0) is 21.6. The Labute approximate surface area is 182 Å². The van der Waals surface area contributed by atoms with Gasteiger partial charge in [-0.2, -0.15) is 0 Å². The van der Waals surface area contributed by atoms with Crippen LogP contribution in [0.25, 0.3) is 11.8 Å². The van der Waals surface area contributed by atoms with Crippen molar-refractivity contribution in [1.29, 1.82) is 0 Å². The van der Waals surface area contributed by atoms with Crippen LogP contribution in [0.3, 0.4) is 0 Å². The lowest BCUT2D eigenvalue weighted by Gasteiger charge is -2.11. The molecule has 0 aliphatic heterocycles. The van der Waals surface area contributed by atoms with Gasteiger partial charge in [0.05, 0.1) is 5.56 Å². The summed E-state index contributed by atoms with van der Waals surface area (Å²) in [5, 5.41) is 0. The summed E-state index contributed by atoms with van der Waals surface area (Å²) < 4.78 is 7.88. The summed E-state index contributed by atoms with van der Waals surface area (Å²) in [7, 11) is 0. The van der Waals surface area contributed by atoms with Gasteiger partial charge < -0.3 is 9.30 Å². The van der Waals surface area contributed by atoms with Crippen LogP contribution in [-0.2, 0) is 11.3 Å². The van der Waals surface area contributed by atoms with Crippen molar-refractivity contribution in [2.75, 3.05) is 0 Å². The fourth-order valence-electron chi connectivity index (χ4n) is 3.23. The number of aromatic nitrogens is 2. The molecule has 0 saturated heterocycles. The first-order chi connectivity index (χ1) is 15.1. The predicted octanol–water partition coefficient (Wildman–Crippen LogP) is 5.90. The van der Waals surface area contributed by atoms with Crippen molar-refractivity contribution < 1.29 is 9.53 Å². The number of ether oxygens (including phenoxy) is 1. The molecule has 0 fully saturated rings. The number of imidazole rings is 1. The number of aryl methyl sites for hydroxylation is 2. The third kappa shape index (κ3) is 5.17. The molecule has 1 heterocycles. The molecule has 0 atom stereocenters. The van der Waals surface area contributed by atoms with Crippen LogP contribution in [-0.4, -0.2) is 15.5 Å². The van der Waals surface area contributed by atoms with Crippen molar-refractivity contribution in [1.82, 2.24) is 9.55 Å². The Kier molecular flexibility index (Phi) is 6.08. The highest BCUT2D eigenvalue weighted by Gasteiger charge is 2.14. The lowest BCUT2D eigenvalue weighted by atomic mass is 10.1. The normalized spacial score (nSPS) is 11.4. The maximum absolute atomic E-state index is 12.8. The van der Waals surface area contributed by atoms with Gasteiger partial charge in [-0.3, -0.25) is 0 Å². The average Bonchev–Trinajstić information content (AvgIpc) is 3.21. The molecule has 4 nitrogen and oxygen atoms in total. The second kappa shape index (κ2) is 9.26. The highest BCUT2D eigenvalue weighted by molar-refractivity contribution is 5.95. The van der Waals surface area contributed by atoms with E-state index in [4.69, 9.17) is 4.74 Å². The molecule has 3 aromatic carbocycles. The standard InChI is InChI=1S/C27H24N2O2/c1-20-8-12-23(13-9-20)25(31-27(30)24-14-10-21(2)11-15-24)18-26-28-16-17-29(26)19-22-6-4-3-5-7-22/h3-18H,19H2,1-2H3/b25-18+. The Balaban J connectivity index is 1.67. The van der Waals surface area contributed by atoms with Crippen LogP contribution in [0.2, 0.25) is 0 Å². The molecule has 1 aromatic heterocycles. The molecule has 4 aromatic rings. The SMILES string of the molecule is Cc1ccc(C(=O)O/C(=C/c2nccn2Cc2ccccc2)c2ccc(C)cc2)cc1. The van der Waals surface area contributed by atoms with E-state index >= 15 is 0 Å². The van der Waals surface area contributed by atoms with Crippen LogP contribution < -0.4 is 0 Å². The van der Waals surface area contributed by atoms with Gasteiger partial charge in [-0.1, -0.05) is 77.9 Å². The summed E-state index contributed by atoms with van der Waals surface area (Å²) in [4.78, 5) is 17.3. The molecule has 154 valence electrons. The molecule has 0 bridgehead atoms. The Morgan fingerprint density at radius 3 is 2.13 bits per heavy atom. The fraction of sp³-hybridized carbons (Fsp3) is 0.111. The third-order valence-electron chi connectivity index (χ3n) is 5.03. The minimum absolute atomic E-state index is 0.395. The van der Waals surface area contributed by atoms with E-state index in [2.05, 4.69) is 17.1 Å². The largest absolute Gasteiger partial charge is 0.422 e. The molecule has 0 aliphatic carbocycles. The van der Waals surface area contributed by atoms with E-state index in [-0.39, 0.29) is 0 Å². The molecule has 0 spiro atoms. The minimum Gasteiger partial charge on any atom is -0.422 e. The fourth-order valence-corrected chi connectivity index (χ4v) is 3.23. The van der Waals surface area contributed by atoms with Crippen molar-refractivity contribution in [2.45, 2.75) is 20.4 Å². The number of benzene rings is 3. The first-order valence-electron chi connectivity index (χ1n) is 10.2. The van der Waals surface area contributed by atoms with Crippen LogP contribution in [0.4, 0.5) is 0 Å². The molecule has 0 amide bonds. The topological polar surface area (TPSA) is 44.1 Å². The molecule has 4 rings (SSSR count). The monoisotopic (exact) mass is 408 g/mol. The lowest BCUT2D eigenvalue weighted by Crippen LogP contribution is -2.06. The second-order valence-electron chi connectivity index (χ2n) is 7.53. The van der Waals surface area contributed by atoms with E-state index < -0.39 is 5.97 Å². The number of carbonyl (C=O) groups excluding carboxylic acids is 1. The maximum atomic E-state index is 12.8. The summed E-state index contributed by atoms with van der Waals surface area (Å²) in [5.41, 5.74) is 4.73. The van der Waals surface area contributed by atoms with E-state index in [9.17, 15) is 4.79 Å². The van der Waals surface area contributed by atoms with Gasteiger partial charge in [-0.05, 0) is 31.5 Å². The number of carbonyl (C=O) groups is 1. The molecule has 0 N–H and O–H groups in total. The first-order valence-corrected chi connectivity index (χ1v) is 10.2. The number of hydrogen-bond acceptors (Lipinski definition) is 3. The zero-order valence-corrected chi connectivity index (χ0v) is 17.7. The average molecular weight is 409 g/mol. The van der Waals surface area contributed by atoms with Crippen LogP contribution >= 0.6 is 0 Å². The summed E-state index contributed by atoms with van der Waals surface area (Å²) in [6, 6.07) is 25.4. The minimum atomic E-state index is -0.395. The van der Waals surface area contributed by atoms with Gasteiger partial charge in [0.15, 0.2) is 0 Å². The smallest absolute Gasteiger partial charge is 0.343 e. The van der Waals surface area contributed by atoms with Gasteiger partial charge in [-0.15, -0.1) is 0 Å². The number of nitrogens with zero attached hydrogens (tertiary/aromatic N) is 2. The van der Waals surface area contributed by atoms with Crippen LogP contribution in [0.15, 0.2) is 91.3 Å². The highest BCUT2D eigenvalue weighted by Crippen LogP contribution is 2.22. The van der Waals surface area contributed by atoms with Gasteiger partial charge in [-0.25, -0.2) is 9.78 Å². The van der Waals surface area contributed by atoms with Crippen LogP contribution in [0.5, 0.6) is 0 Å². The number of rotatable bonds is 6. The lowest BCUT2D eigenvalue weighted by molar-refractivity contribution is 0.0693. The molecule has 4 heteroatoms. The summed E-state index contributed by atoms with van der Waals surface area (Å²) in [6.07, 6.45) is 5.50. The van der Waals surface area contributed by atoms with Gasteiger partial charge in [0, 0.05) is 30.6 Å². The van der Waals surface area contributed by atoms with Crippen molar-refractivity contribution in [2.24, 2.45) is 0 Å². The van der Waals surface area contributed by atoms with Gasteiger partial charge in [0.25, 0.3) is 0 Å². The van der Waals surface area contributed by atoms with E-state index in [0.29, 0.717) is 17.9 Å². The van der Waals surface area contributed by atoms with Gasteiger partial charge in [0.1, 0.15) is 11.6 Å².